The summed E-state index contributed by atoms with van der Waals surface area (Å²) in [6.45, 7) is 0. The van der Waals surface area contributed by atoms with Gasteiger partial charge in [-0.15, -0.1) is 0 Å². The van der Waals surface area contributed by atoms with Crippen LogP contribution in [-0.4, -0.2) is 298 Å². The van der Waals surface area contributed by atoms with Gasteiger partial charge < -0.3 is 167 Å². The summed E-state index contributed by atoms with van der Waals surface area (Å²) in [5, 5.41) is 265. The average molecular weight is 1760 g/mol. The number of aromatic hydroxyl groups is 12. The van der Waals surface area contributed by atoms with Gasteiger partial charge in [0.05, 0.1) is 30.5 Å². The maximum Gasteiger partial charge on any atom is 0.348 e. The number of carbonyl (C=O) groups is 10. The molecule has 28 N–H and O–H groups in total. The van der Waals surface area contributed by atoms with Crippen molar-refractivity contribution < 1.29 is 215 Å². The van der Waals surface area contributed by atoms with Crippen LogP contribution in [0.15, 0.2) is 146 Å². The van der Waals surface area contributed by atoms with Crippen LogP contribution >= 0.6 is 0 Å². The molecule has 43 nitrogen and oxygen atoms in total. The van der Waals surface area contributed by atoms with Gasteiger partial charge >= 0.3 is 59.7 Å². The van der Waals surface area contributed by atoms with E-state index < -0.39 is 218 Å². The lowest BCUT2D eigenvalue weighted by atomic mass is 9.79. The summed E-state index contributed by atoms with van der Waals surface area (Å²) in [7, 11) is 0. The zero-order chi connectivity index (χ0) is 93.5. The Morgan fingerprint density at radius 2 is 0.488 bits per heavy atom. The van der Waals surface area contributed by atoms with Crippen molar-refractivity contribution in [1.29, 1.82) is 0 Å². The fraction of sp³-hybridized carbons (Fsp3) is 0.293. The predicted octanol–water partition coefficient (Wildman–Crippen LogP) is 0.287. The number of phenolic OH excluding ortho intramolecular Hbond substituents is 12. The number of ether oxygens (including phenoxy) is 5. The lowest BCUT2D eigenvalue weighted by molar-refractivity contribution is -0.207. The topological polar surface area (TPSA) is 783 Å². The van der Waals surface area contributed by atoms with Crippen LogP contribution in [-0.2, 0) is 71.6 Å². The van der Waals surface area contributed by atoms with Crippen LogP contribution in [0.3, 0.4) is 0 Å². The van der Waals surface area contributed by atoms with E-state index in [0.29, 0.717) is 27.8 Å². The van der Waals surface area contributed by atoms with E-state index in [2.05, 4.69) is 0 Å². The molecule has 125 heavy (non-hydrogen) atoms. The first-order valence-electron chi connectivity index (χ1n) is 36.4. The second-order valence-corrected chi connectivity index (χ2v) is 28.3. The van der Waals surface area contributed by atoms with E-state index in [9.17, 15) is 160 Å². The van der Waals surface area contributed by atoms with E-state index in [-0.39, 0.29) is 63.1 Å². The Balaban J connectivity index is 0.000000249. The second kappa shape index (κ2) is 43.4. The third-order valence-corrected chi connectivity index (χ3v) is 18.8. The number of hydrogen-bond acceptors (Lipinski definition) is 38. The molecule has 0 amide bonds. The van der Waals surface area contributed by atoms with Crippen molar-refractivity contribution >= 4 is 96.1 Å². The van der Waals surface area contributed by atoms with E-state index in [1.165, 1.54) is 140 Å². The van der Waals surface area contributed by atoms with Crippen LogP contribution in [0.25, 0.3) is 36.5 Å². The summed E-state index contributed by atoms with van der Waals surface area (Å²) in [6, 6.07) is 23.0. The van der Waals surface area contributed by atoms with Crippen molar-refractivity contribution in [2.24, 2.45) is 0 Å². The number of aliphatic hydroxyl groups excluding tert-OH is 8. The van der Waals surface area contributed by atoms with E-state index in [1.54, 1.807) is 0 Å². The first kappa shape index (κ1) is 99.4. The van der Waals surface area contributed by atoms with Crippen molar-refractivity contribution in [2.45, 2.75) is 147 Å². The number of phenols is 12. The smallest absolute Gasteiger partial charge is 0.348 e. The Labute approximate surface area is 703 Å². The fourth-order valence-corrected chi connectivity index (χ4v) is 12.1. The van der Waals surface area contributed by atoms with E-state index in [0.717, 1.165) is 42.5 Å². The zero-order valence-electron chi connectivity index (χ0n) is 64.6. The van der Waals surface area contributed by atoms with Crippen LogP contribution in [0, 0.1) is 0 Å². The molecule has 4 fully saturated rings. The molecule has 0 aromatic heterocycles. The van der Waals surface area contributed by atoms with Gasteiger partial charge in [-0.05, 0) is 143 Å². The molecule has 0 unspecified atom stereocenters. The van der Waals surface area contributed by atoms with Crippen molar-refractivity contribution in [3.05, 3.63) is 179 Å². The molecule has 0 aliphatic heterocycles. The molecule has 0 saturated heterocycles. The highest BCUT2D eigenvalue weighted by Gasteiger charge is 2.56. The Hall–Kier alpha value is -14.4. The van der Waals surface area contributed by atoms with Crippen LogP contribution in [0.5, 0.6) is 69.0 Å². The lowest BCUT2D eigenvalue weighted by Gasteiger charge is -2.41. The third kappa shape index (κ3) is 28.6. The van der Waals surface area contributed by atoms with Crippen LogP contribution < -0.4 is 0 Å². The summed E-state index contributed by atoms with van der Waals surface area (Å²) in [6.07, 6.45) is -10.1. The number of rotatable bonds is 21. The Bertz CT molecular complexity index is 4970. The van der Waals surface area contributed by atoms with E-state index >= 15 is 0 Å². The fourth-order valence-electron chi connectivity index (χ4n) is 12.1. The number of carboxylic acid groups (broad SMARTS) is 5. The zero-order valence-corrected chi connectivity index (χ0v) is 64.6. The highest BCUT2D eigenvalue weighted by Crippen LogP contribution is 2.39. The minimum atomic E-state index is -2.34. The minimum absolute atomic E-state index is 0.229. The maximum absolute atomic E-state index is 12.4. The van der Waals surface area contributed by atoms with Gasteiger partial charge in [-0.1, -0.05) is 36.4 Å². The second-order valence-electron chi connectivity index (χ2n) is 28.3. The van der Waals surface area contributed by atoms with Crippen molar-refractivity contribution in [3.63, 3.8) is 0 Å². The first-order chi connectivity index (χ1) is 58.3. The third-order valence-electron chi connectivity index (χ3n) is 18.8. The lowest BCUT2D eigenvalue weighted by Crippen LogP contribution is -2.58. The SMILES string of the molecule is O=C(/C=C/c1ccc(O)c(O)c1)O[C@@H]1C[C@@](O)(C(=O)O)C[C@@H](O)[C@@H]1O.O=C(/C=C/c1ccc(O)c(O)c1)O[C@@H]1C[C@](O)(C(=O)O)C[C@@H](O)[C@H]1O.O=C(/C=C/c1ccc(O)c(O)c1)O[C@@H]1C[C@](OC(=O)/C=C/c2ccc(O)c(O)c2)(C(=O)O)C[C@@H](O)[C@H]1O.O=C(C=Cc1ccc(O)c(O)c1)OC1[C@H](O)CC(O)(C(=O)O)C[C@H]1O.O=C(O)/C=C/c1ccc(O)c(O)c1. The molecule has 4 aliphatic rings. The number of hydrogen-bond donors (Lipinski definition) is 28. The van der Waals surface area contributed by atoms with Gasteiger partial charge in [0.2, 0.25) is 5.60 Å². The molecule has 0 radical (unpaired) electrons. The minimum Gasteiger partial charge on any atom is -0.504 e. The number of benzene rings is 6. The highest BCUT2D eigenvalue weighted by atomic mass is 16.6. The summed E-state index contributed by atoms with van der Waals surface area (Å²) in [4.78, 5) is 115. The van der Waals surface area contributed by atoms with E-state index in [4.69, 9.17) is 54.3 Å². The number of carboxylic acids is 5. The normalized spacial score (nSPS) is 25.8. The summed E-state index contributed by atoms with van der Waals surface area (Å²) in [5.41, 5.74) is -7.00. The molecule has 4 saturated carbocycles. The molecule has 43 heteroatoms. The predicted molar refractivity (Wildman–Crippen MR) is 419 cm³/mol. The maximum atomic E-state index is 12.4. The Kier molecular flexibility index (Phi) is 34.5. The van der Waals surface area contributed by atoms with E-state index in [1.807, 2.05) is 0 Å². The summed E-state index contributed by atoms with van der Waals surface area (Å²) < 4.78 is 25.0. The molecule has 672 valence electrons. The number of aliphatic carboxylic acids is 5. The van der Waals surface area contributed by atoms with Crippen LogP contribution in [0.4, 0.5) is 0 Å². The average Bonchev–Trinajstić information content (AvgIpc) is 0.788. The molecule has 0 bridgehead atoms. The van der Waals surface area contributed by atoms with Gasteiger partial charge in [0.25, 0.3) is 0 Å². The van der Waals surface area contributed by atoms with Gasteiger partial charge in [-0.2, -0.15) is 0 Å². The largest absolute Gasteiger partial charge is 0.504 e. The van der Waals surface area contributed by atoms with Gasteiger partial charge in [0.1, 0.15) is 36.6 Å². The van der Waals surface area contributed by atoms with Crippen molar-refractivity contribution in [2.75, 3.05) is 0 Å². The molecule has 14 atom stereocenters. The molecule has 0 heterocycles. The number of esters is 5. The number of carbonyl (C=O) groups excluding carboxylic acids is 5. The monoisotopic (exact) mass is 1760 g/mol. The van der Waals surface area contributed by atoms with Gasteiger partial charge in [-0.25, -0.2) is 47.9 Å². The summed E-state index contributed by atoms with van der Waals surface area (Å²) in [5.74, 6) is -16.6. The molecule has 0 spiro atoms. The molecule has 10 rings (SSSR count). The molecule has 6 aromatic carbocycles. The highest BCUT2D eigenvalue weighted by molar-refractivity contribution is 5.92. The quantitative estimate of drug-likeness (QED) is 0.0199. The van der Waals surface area contributed by atoms with Gasteiger partial charge in [-0.3, -0.25) is 0 Å². The summed E-state index contributed by atoms with van der Waals surface area (Å²) >= 11 is 0. The first-order valence-corrected chi connectivity index (χ1v) is 36.4. The van der Waals surface area contributed by atoms with Crippen molar-refractivity contribution in [1.82, 2.24) is 0 Å². The Morgan fingerprint density at radius 1 is 0.264 bits per heavy atom. The van der Waals surface area contributed by atoms with Crippen LogP contribution in [0.1, 0.15) is 84.7 Å². The Morgan fingerprint density at radius 3 is 0.736 bits per heavy atom. The molecule has 6 aromatic rings. The standard InChI is InChI=1S/C25H24O12.3C16H18O9.C9H8O4/c26-15-5-1-13(9-17(15)28)3-7-21(31)36-20-12-25(24(34)35,11-19(30)23(20)33)37-22(32)8-4-14-2-6-16(27)18(29)10-14;2*17-9-3-1-8(5-10(9)18)2-4-13(20)25-12-7-16(24,15(22)23)6-11(19)14(12)21;17-9-3-1-8(5-10(9)18)2-4-13(21)25-14-11(19)6-16(24,15(22)23)7-12(14)20;10-7-3-1-6(5-8(7)11)2-4-9(12)13/h1-10,19-20,23,26-30,33H,11-12H2,(H,34,35);2*1-5,11-12,14,17-19,21,24H,6-7H2,(H,22,23);1-5,11-12,14,17-20,24H,6-7H2,(H,22,23);1-5,10-11H,(H,12,13)/b7-3+,8-4+;2*4-2+;;4-2+/t19-,20-,23-,25+;11-,12-,14+,16-;11-,12-,14-,16+;11-,12-,14?,16?;/m1111./s1. The molecular weight excluding hydrogens is 1670 g/mol. The molecular formula is C82H86O43. The number of aliphatic hydroxyl groups is 11. The van der Waals surface area contributed by atoms with Gasteiger partial charge in [0.15, 0.2) is 91.9 Å². The van der Waals surface area contributed by atoms with Crippen molar-refractivity contribution in [3.8, 4) is 69.0 Å². The van der Waals surface area contributed by atoms with Gasteiger partial charge in [0, 0.05) is 87.8 Å². The molecule has 4 aliphatic carbocycles. The van der Waals surface area contributed by atoms with Crippen LogP contribution in [0.2, 0.25) is 0 Å².